The number of hydrogen-bond donors (Lipinski definition) is 0. The number of carbonyl (C=O) groups is 2. The van der Waals surface area contributed by atoms with Crippen LogP contribution in [-0.4, -0.2) is 31.1 Å². The minimum absolute atomic E-state index is 0.0303. The summed E-state index contributed by atoms with van der Waals surface area (Å²) in [4.78, 5) is 22.3. The van der Waals surface area contributed by atoms with E-state index in [4.69, 9.17) is 14.2 Å². The maximum absolute atomic E-state index is 11.4. The number of fused-ring (bicyclic) bond motifs is 3. The smallest absolute Gasteiger partial charge is 0.305 e. The van der Waals surface area contributed by atoms with Crippen LogP contribution in [0.25, 0.3) is 0 Å². The van der Waals surface area contributed by atoms with Gasteiger partial charge in [0, 0.05) is 24.3 Å². The summed E-state index contributed by atoms with van der Waals surface area (Å²) in [6.07, 6.45) is 5.33. The third kappa shape index (κ3) is 3.78. The lowest BCUT2D eigenvalue weighted by molar-refractivity contribution is -0.153. The number of aldehydes is 1. The predicted molar refractivity (Wildman–Crippen MR) is 97.1 cm³/mol. The zero-order valence-corrected chi connectivity index (χ0v) is 15.8. The highest BCUT2D eigenvalue weighted by molar-refractivity contribution is 5.69. The van der Waals surface area contributed by atoms with Crippen molar-refractivity contribution in [3.8, 4) is 5.75 Å². The monoisotopic (exact) mass is 360 g/mol. The molecule has 1 aromatic rings. The van der Waals surface area contributed by atoms with Crippen LogP contribution < -0.4 is 4.74 Å². The molecular weight excluding hydrogens is 332 g/mol. The van der Waals surface area contributed by atoms with E-state index in [9.17, 15) is 9.59 Å². The Morgan fingerprint density at radius 1 is 1.38 bits per heavy atom. The van der Waals surface area contributed by atoms with Gasteiger partial charge in [-0.15, -0.1) is 0 Å². The maximum Gasteiger partial charge on any atom is 0.305 e. The van der Waals surface area contributed by atoms with Crippen LogP contribution >= 0.6 is 0 Å². The Hall–Kier alpha value is -1.88. The molecule has 0 unspecified atom stereocenters. The molecular formula is C21H28O5. The van der Waals surface area contributed by atoms with Crippen molar-refractivity contribution in [2.24, 2.45) is 5.92 Å². The summed E-state index contributed by atoms with van der Waals surface area (Å²) in [7, 11) is 1.41. The summed E-state index contributed by atoms with van der Waals surface area (Å²) >= 11 is 0. The molecule has 1 aromatic carbocycles. The molecule has 1 fully saturated rings. The lowest BCUT2D eigenvalue weighted by Gasteiger charge is -2.50. The number of hydrogen-bond acceptors (Lipinski definition) is 5. The molecule has 0 aromatic heterocycles. The van der Waals surface area contributed by atoms with E-state index < -0.39 is 5.60 Å². The standard InChI is InChI=1S/C21H28O5/c1-14-5-8-17-20(25-14)16-13-15(7-10-19(23)24-3)6-9-18(16)26-21(17,2)11-4-12-22/h6,9,12-14,17,20H,4-5,7-8,10-11H2,1-3H3/t14-,17-,20+,21+/m1/s1. The minimum atomic E-state index is -0.397. The third-order valence-electron chi connectivity index (χ3n) is 5.74. The van der Waals surface area contributed by atoms with Crippen LogP contribution in [0.15, 0.2) is 18.2 Å². The second kappa shape index (κ2) is 7.78. The first-order chi connectivity index (χ1) is 12.5. The van der Waals surface area contributed by atoms with E-state index in [0.29, 0.717) is 25.7 Å². The highest BCUT2D eigenvalue weighted by Crippen LogP contribution is 2.52. The topological polar surface area (TPSA) is 61.8 Å². The summed E-state index contributed by atoms with van der Waals surface area (Å²) in [5, 5.41) is 0. The predicted octanol–water partition coefficient (Wildman–Crippen LogP) is 3.78. The third-order valence-corrected chi connectivity index (χ3v) is 5.74. The first-order valence-corrected chi connectivity index (χ1v) is 9.44. The first kappa shape index (κ1) is 18.9. The van der Waals surface area contributed by atoms with Gasteiger partial charge >= 0.3 is 5.97 Å². The second-order valence-electron chi connectivity index (χ2n) is 7.62. The molecule has 2 aliphatic heterocycles. The lowest BCUT2D eigenvalue weighted by atomic mass is 9.72. The molecule has 0 bridgehead atoms. The number of benzene rings is 1. The number of carbonyl (C=O) groups excluding carboxylic acids is 2. The Morgan fingerprint density at radius 3 is 2.92 bits per heavy atom. The van der Waals surface area contributed by atoms with E-state index in [1.165, 1.54) is 7.11 Å². The molecule has 2 aliphatic rings. The SMILES string of the molecule is COC(=O)CCc1ccc2c(c1)[C@@H]1O[C@H](C)CC[C@H]1[C@](C)(CCC=O)O2. The molecule has 0 saturated carbocycles. The van der Waals surface area contributed by atoms with Crippen molar-refractivity contribution in [3.05, 3.63) is 29.3 Å². The van der Waals surface area contributed by atoms with Gasteiger partial charge in [-0.3, -0.25) is 4.79 Å². The Kier molecular flexibility index (Phi) is 5.66. The van der Waals surface area contributed by atoms with Gasteiger partial charge in [-0.25, -0.2) is 0 Å². The Balaban J connectivity index is 1.89. The molecule has 4 atom stereocenters. The van der Waals surface area contributed by atoms with Gasteiger partial charge in [-0.1, -0.05) is 6.07 Å². The molecule has 5 nitrogen and oxygen atoms in total. The van der Waals surface area contributed by atoms with Crippen molar-refractivity contribution >= 4 is 12.3 Å². The van der Waals surface area contributed by atoms with Gasteiger partial charge in [0.2, 0.25) is 0 Å². The average molecular weight is 360 g/mol. The van der Waals surface area contributed by atoms with E-state index >= 15 is 0 Å². The fraction of sp³-hybridized carbons (Fsp3) is 0.619. The van der Waals surface area contributed by atoms with Crippen LogP contribution in [0.5, 0.6) is 5.75 Å². The van der Waals surface area contributed by atoms with E-state index in [0.717, 1.165) is 36.0 Å². The zero-order chi connectivity index (χ0) is 18.7. The Labute approximate surface area is 155 Å². The van der Waals surface area contributed by atoms with Crippen molar-refractivity contribution in [2.75, 3.05) is 7.11 Å². The van der Waals surface area contributed by atoms with Crippen LogP contribution in [0.4, 0.5) is 0 Å². The molecule has 142 valence electrons. The largest absolute Gasteiger partial charge is 0.487 e. The quantitative estimate of drug-likeness (QED) is 0.571. The van der Waals surface area contributed by atoms with Gasteiger partial charge in [0.1, 0.15) is 17.6 Å². The van der Waals surface area contributed by atoms with Gasteiger partial charge in [-0.2, -0.15) is 0 Å². The number of methoxy groups -OCH3 is 1. The molecule has 3 rings (SSSR count). The van der Waals surface area contributed by atoms with Gasteiger partial charge < -0.3 is 19.0 Å². The van der Waals surface area contributed by atoms with Crippen molar-refractivity contribution in [2.45, 2.75) is 70.2 Å². The van der Waals surface area contributed by atoms with Crippen molar-refractivity contribution in [1.82, 2.24) is 0 Å². The molecule has 5 heteroatoms. The van der Waals surface area contributed by atoms with Crippen molar-refractivity contribution in [3.63, 3.8) is 0 Å². The molecule has 2 heterocycles. The number of esters is 1. The summed E-state index contributed by atoms with van der Waals surface area (Å²) in [5.41, 5.74) is 1.74. The molecule has 0 spiro atoms. The molecule has 0 aliphatic carbocycles. The van der Waals surface area contributed by atoms with Crippen LogP contribution in [0.1, 0.15) is 63.2 Å². The highest BCUT2D eigenvalue weighted by atomic mass is 16.5. The van der Waals surface area contributed by atoms with Gasteiger partial charge in [0.05, 0.1) is 19.3 Å². The highest BCUT2D eigenvalue weighted by Gasteiger charge is 2.49. The summed E-state index contributed by atoms with van der Waals surface area (Å²) < 4.78 is 17.5. The van der Waals surface area contributed by atoms with Gasteiger partial charge in [-0.05, 0) is 57.2 Å². The Morgan fingerprint density at radius 2 is 2.19 bits per heavy atom. The average Bonchev–Trinajstić information content (AvgIpc) is 2.64. The van der Waals surface area contributed by atoms with Crippen LogP contribution in [-0.2, 0) is 25.5 Å². The van der Waals surface area contributed by atoms with Crippen LogP contribution in [0.2, 0.25) is 0 Å². The van der Waals surface area contributed by atoms with Gasteiger partial charge in [0.25, 0.3) is 0 Å². The summed E-state index contributed by atoms with van der Waals surface area (Å²) in [6, 6.07) is 6.07. The number of ether oxygens (including phenoxy) is 3. The minimum Gasteiger partial charge on any atom is -0.487 e. The number of aryl methyl sites for hydroxylation is 1. The van der Waals surface area contributed by atoms with Crippen molar-refractivity contribution < 1.29 is 23.8 Å². The molecule has 0 N–H and O–H groups in total. The molecule has 26 heavy (non-hydrogen) atoms. The molecule has 0 radical (unpaired) electrons. The van der Waals surface area contributed by atoms with Crippen LogP contribution in [0, 0.1) is 5.92 Å². The normalized spacial score (nSPS) is 29.9. The van der Waals surface area contributed by atoms with E-state index in [1.54, 1.807) is 0 Å². The summed E-state index contributed by atoms with van der Waals surface area (Å²) in [5.74, 6) is 0.846. The molecule has 0 amide bonds. The summed E-state index contributed by atoms with van der Waals surface area (Å²) in [6.45, 7) is 4.21. The Bertz CT molecular complexity index is 670. The fourth-order valence-electron chi connectivity index (χ4n) is 4.22. The maximum atomic E-state index is 11.4. The lowest BCUT2D eigenvalue weighted by Crippen LogP contribution is -2.50. The number of rotatable bonds is 6. The zero-order valence-electron chi connectivity index (χ0n) is 15.8. The second-order valence-corrected chi connectivity index (χ2v) is 7.62. The van der Waals surface area contributed by atoms with Gasteiger partial charge in [0.15, 0.2) is 0 Å². The van der Waals surface area contributed by atoms with E-state index in [1.807, 2.05) is 12.1 Å². The first-order valence-electron chi connectivity index (χ1n) is 9.44. The van der Waals surface area contributed by atoms with E-state index in [-0.39, 0.29) is 24.1 Å². The fourth-order valence-corrected chi connectivity index (χ4v) is 4.22. The molecule has 1 saturated heterocycles. The van der Waals surface area contributed by atoms with Crippen molar-refractivity contribution in [1.29, 1.82) is 0 Å². The van der Waals surface area contributed by atoms with Crippen LogP contribution in [0.3, 0.4) is 0 Å². The van der Waals surface area contributed by atoms with E-state index in [2.05, 4.69) is 19.9 Å².